The number of hydrogen-bond acceptors (Lipinski definition) is 4. The van der Waals surface area contributed by atoms with Gasteiger partial charge in [-0.05, 0) is 68.5 Å². The standard InChI is InChI=1S/C22H29N3OS/c1-7-25(5)15-24-21-12-16(2)20(11-17(21)3)22(23-4)14-26-18-9-8-10-19(13-18)27-6/h8-13,15H,7,14H2,1-6H3/b23-22+,24-15-. The van der Waals surface area contributed by atoms with Gasteiger partial charge in [0.1, 0.15) is 12.4 Å². The van der Waals surface area contributed by atoms with Crippen molar-refractivity contribution in [3.8, 4) is 5.75 Å². The lowest BCUT2D eigenvalue weighted by atomic mass is 10.00. The fourth-order valence-electron chi connectivity index (χ4n) is 2.60. The van der Waals surface area contributed by atoms with E-state index in [-0.39, 0.29) is 0 Å². The molecule has 0 amide bonds. The van der Waals surface area contributed by atoms with Gasteiger partial charge in [0.15, 0.2) is 0 Å². The maximum Gasteiger partial charge on any atom is 0.130 e. The average Bonchev–Trinajstić information content (AvgIpc) is 2.69. The van der Waals surface area contributed by atoms with Crippen LogP contribution in [0.4, 0.5) is 5.69 Å². The van der Waals surface area contributed by atoms with Crippen molar-refractivity contribution in [3.05, 3.63) is 53.1 Å². The van der Waals surface area contributed by atoms with Gasteiger partial charge in [-0.2, -0.15) is 0 Å². The first kappa shape index (κ1) is 21.0. The highest BCUT2D eigenvalue weighted by Gasteiger charge is 2.11. The Hall–Kier alpha value is -2.27. The monoisotopic (exact) mass is 383 g/mol. The van der Waals surface area contributed by atoms with Gasteiger partial charge in [0, 0.05) is 31.1 Å². The van der Waals surface area contributed by atoms with Crippen molar-refractivity contribution < 1.29 is 4.74 Å². The zero-order valence-electron chi connectivity index (χ0n) is 17.1. The van der Waals surface area contributed by atoms with Gasteiger partial charge in [-0.1, -0.05) is 6.07 Å². The second-order valence-electron chi connectivity index (χ2n) is 6.41. The molecule has 0 aliphatic rings. The lowest BCUT2D eigenvalue weighted by molar-refractivity contribution is 0.376. The molecule has 0 atom stereocenters. The van der Waals surface area contributed by atoms with Crippen molar-refractivity contribution in [1.29, 1.82) is 0 Å². The average molecular weight is 384 g/mol. The molecule has 144 valence electrons. The van der Waals surface area contributed by atoms with Crippen molar-refractivity contribution in [1.82, 2.24) is 4.90 Å². The van der Waals surface area contributed by atoms with Gasteiger partial charge in [0.05, 0.1) is 17.7 Å². The van der Waals surface area contributed by atoms with Gasteiger partial charge in [-0.3, -0.25) is 4.99 Å². The molecule has 27 heavy (non-hydrogen) atoms. The molecule has 0 heterocycles. The summed E-state index contributed by atoms with van der Waals surface area (Å²) in [5, 5.41) is 0. The molecule has 0 saturated carbocycles. The van der Waals surface area contributed by atoms with Crippen LogP contribution in [0.25, 0.3) is 0 Å². The van der Waals surface area contributed by atoms with Gasteiger partial charge >= 0.3 is 0 Å². The molecule has 0 unspecified atom stereocenters. The lowest BCUT2D eigenvalue weighted by Gasteiger charge is -2.14. The largest absolute Gasteiger partial charge is 0.487 e. The van der Waals surface area contributed by atoms with Gasteiger partial charge in [-0.15, -0.1) is 11.8 Å². The van der Waals surface area contributed by atoms with E-state index < -0.39 is 0 Å². The fraction of sp³-hybridized carbons (Fsp3) is 0.364. The molecule has 2 aromatic rings. The lowest BCUT2D eigenvalue weighted by Crippen LogP contribution is -2.15. The summed E-state index contributed by atoms with van der Waals surface area (Å²) in [6.45, 7) is 7.65. The summed E-state index contributed by atoms with van der Waals surface area (Å²) in [6.07, 6.45) is 3.94. The maximum atomic E-state index is 5.99. The van der Waals surface area contributed by atoms with Crippen LogP contribution in [-0.4, -0.2) is 50.5 Å². The van der Waals surface area contributed by atoms with E-state index in [9.17, 15) is 0 Å². The molecular formula is C22H29N3OS. The van der Waals surface area contributed by atoms with E-state index >= 15 is 0 Å². The first-order valence-electron chi connectivity index (χ1n) is 9.07. The Bertz CT molecular complexity index is 830. The minimum absolute atomic E-state index is 0.440. The van der Waals surface area contributed by atoms with E-state index in [1.54, 1.807) is 11.8 Å². The van der Waals surface area contributed by atoms with Crippen LogP contribution in [0, 0.1) is 13.8 Å². The summed E-state index contributed by atoms with van der Waals surface area (Å²) in [5.74, 6) is 0.862. The first-order valence-corrected chi connectivity index (χ1v) is 10.3. The van der Waals surface area contributed by atoms with Crippen molar-refractivity contribution in [2.45, 2.75) is 25.7 Å². The van der Waals surface area contributed by atoms with Crippen molar-refractivity contribution >= 4 is 29.5 Å². The molecule has 0 aliphatic heterocycles. The molecular weight excluding hydrogens is 354 g/mol. The number of nitrogens with zero attached hydrogens (tertiary/aromatic N) is 3. The van der Waals surface area contributed by atoms with Crippen LogP contribution in [-0.2, 0) is 0 Å². The van der Waals surface area contributed by atoms with Crippen LogP contribution >= 0.6 is 11.8 Å². The number of thioether (sulfide) groups is 1. The molecule has 0 N–H and O–H groups in total. The predicted molar refractivity (Wildman–Crippen MR) is 119 cm³/mol. The molecule has 0 radical (unpaired) electrons. The normalized spacial score (nSPS) is 11.9. The third-order valence-corrected chi connectivity index (χ3v) is 5.16. The predicted octanol–water partition coefficient (Wildman–Crippen LogP) is 5.13. The van der Waals surface area contributed by atoms with Crippen LogP contribution in [0.5, 0.6) is 5.75 Å². The molecule has 0 spiro atoms. The quantitative estimate of drug-likeness (QED) is 0.360. The first-order chi connectivity index (χ1) is 13.0. The molecule has 2 rings (SSSR count). The van der Waals surface area contributed by atoms with Gasteiger partial charge < -0.3 is 9.64 Å². The van der Waals surface area contributed by atoms with E-state index in [2.05, 4.69) is 66.2 Å². The van der Waals surface area contributed by atoms with E-state index in [0.29, 0.717) is 6.61 Å². The number of aliphatic imine (C=N–C) groups is 2. The Labute approximate surface area is 167 Å². The summed E-state index contributed by atoms with van der Waals surface area (Å²) < 4.78 is 5.99. The topological polar surface area (TPSA) is 37.2 Å². The highest BCUT2D eigenvalue weighted by atomic mass is 32.2. The maximum absolute atomic E-state index is 5.99. The highest BCUT2D eigenvalue weighted by molar-refractivity contribution is 7.98. The summed E-state index contributed by atoms with van der Waals surface area (Å²) >= 11 is 1.71. The molecule has 5 heteroatoms. The minimum Gasteiger partial charge on any atom is -0.487 e. The van der Waals surface area contributed by atoms with E-state index in [0.717, 1.165) is 40.4 Å². The third kappa shape index (κ3) is 5.86. The molecule has 0 fully saturated rings. The SMILES string of the molecule is CCN(C)/C=N\c1cc(C)c(/C(COc2cccc(SC)c2)=N/C)cc1C. The zero-order chi connectivity index (χ0) is 19.8. The number of hydrogen-bond donors (Lipinski definition) is 0. The van der Waals surface area contributed by atoms with Crippen LogP contribution in [0.1, 0.15) is 23.6 Å². The summed E-state index contributed by atoms with van der Waals surface area (Å²) in [7, 11) is 3.83. The Morgan fingerprint density at radius 3 is 2.63 bits per heavy atom. The highest BCUT2D eigenvalue weighted by Crippen LogP contribution is 2.25. The molecule has 0 aliphatic carbocycles. The second kappa shape index (κ2) is 10.2. The Kier molecular flexibility index (Phi) is 7.92. The van der Waals surface area contributed by atoms with Gasteiger partial charge in [0.25, 0.3) is 0 Å². The third-order valence-electron chi connectivity index (χ3n) is 4.43. The molecule has 0 saturated heterocycles. The van der Waals surface area contributed by atoms with Gasteiger partial charge in [-0.25, -0.2) is 4.99 Å². The van der Waals surface area contributed by atoms with E-state index in [1.807, 2.05) is 32.6 Å². The summed E-state index contributed by atoms with van der Waals surface area (Å²) in [6, 6.07) is 12.4. The van der Waals surface area contributed by atoms with Gasteiger partial charge in [0.2, 0.25) is 0 Å². The molecule has 4 nitrogen and oxygen atoms in total. The van der Waals surface area contributed by atoms with Crippen molar-refractivity contribution in [2.75, 3.05) is 33.5 Å². The van der Waals surface area contributed by atoms with E-state index in [1.165, 1.54) is 4.90 Å². The molecule has 0 bridgehead atoms. The van der Waals surface area contributed by atoms with Crippen molar-refractivity contribution in [3.63, 3.8) is 0 Å². The number of ether oxygens (including phenoxy) is 1. The van der Waals surface area contributed by atoms with E-state index in [4.69, 9.17) is 4.74 Å². The number of aryl methyl sites for hydroxylation is 2. The Morgan fingerprint density at radius 2 is 1.96 bits per heavy atom. The number of rotatable bonds is 8. The summed E-state index contributed by atoms with van der Waals surface area (Å²) in [4.78, 5) is 12.3. The smallest absolute Gasteiger partial charge is 0.130 e. The fourth-order valence-corrected chi connectivity index (χ4v) is 3.05. The number of benzene rings is 2. The molecule has 0 aromatic heterocycles. The molecule has 2 aromatic carbocycles. The van der Waals surface area contributed by atoms with Crippen molar-refractivity contribution in [2.24, 2.45) is 9.98 Å². The zero-order valence-corrected chi connectivity index (χ0v) is 17.9. The Balaban J connectivity index is 2.19. The summed E-state index contributed by atoms with van der Waals surface area (Å²) in [5.41, 5.74) is 5.31. The minimum atomic E-state index is 0.440. The van der Waals surface area contributed by atoms with Crippen LogP contribution in [0.15, 0.2) is 51.3 Å². The Morgan fingerprint density at radius 1 is 1.19 bits per heavy atom. The van der Waals surface area contributed by atoms with Crippen LogP contribution in [0.3, 0.4) is 0 Å². The van der Waals surface area contributed by atoms with Crippen LogP contribution < -0.4 is 4.74 Å². The van der Waals surface area contributed by atoms with Crippen LogP contribution in [0.2, 0.25) is 0 Å². The second-order valence-corrected chi connectivity index (χ2v) is 7.29.